The quantitative estimate of drug-likeness (QED) is 0.115. The number of allylic oxidation sites excluding steroid dienone is 2. The Bertz CT molecular complexity index is 2940. The number of fused-ring (bicyclic) bond motifs is 13. The summed E-state index contributed by atoms with van der Waals surface area (Å²) in [6.45, 7) is 20.2. The van der Waals surface area contributed by atoms with Crippen LogP contribution < -0.4 is 25.7 Å². The maximum Gasteiger partial charge on any atom is 0.315 e. The monoisotopic (exact) mass is 1050 g/mol. The Morgan fingerprint density at radius 3 is 2.26 bits per heavy atom. The van der Waals surface area contributed by atoms with Crippen molar-refractivity contribution < 1.29 is 58.6 Å². The van der Waals surface area contributed by atoms with E-state index in [4.69, 9.17) is 28.9 Å². The third kappa shape index (κ3) is 11.1. The average molecular weight is 1050 g/mol. The lowest BCUT2D eigenvalue weighted by Gasteiger charge is -2.38. The molecule has 2 amide bonds. The van der Waals surface area contributed by atoms with Gasteiger partial charge in [0.2, 0.25) is 5.91 Å². The fourth-order valence-corrected chi connectivity index (χ4v) is 11.4. The predicted molar refractivity (Wildman–Crippen MR) is 284 cm³/mol. The molecule has 2 fully saturated rings. The van der Waals surface area contributed by atoms with Crippen molar-refractivity contribution in [3.63, 3.8) is 0 Å². The highest BCUT2D eigenvalue weighted by atomic mass is 16.7. The molecule has 0 radical (unpaired) electrons. The smallest absolute Gasteiger partial charge is 0.315 e. The Morgan fingerprint density at radius 1 is 0.882 bits per heavy atom. The number of carbonyl (C=O) groups is 4. The van der Waals surface area contributed by atoms with Crippen LogP contribution in [0, 0.1) is 36.5 Å². The predicted octanol–water partition coefficient (Wildman–Crippen LogP) is 5.25. The number of piperidine rings is 1. The number of aliphatic hydroxyl groups excluding tert-OH is 2. The molecule has 1 aromatic heterocycles. The lowest BCUT2D eigenvalue weighted by molar-refractivity contribution is -0.165. The molecule has 0 saturated carbocycles. The number of hydrogen-bond acceptors (Lipinski definition) is 17. The van der Waals surface area contributed by atoms with Gasteiger partial charge in [-0.2, -0.15) is 0 Å². The van der Waals surface area contributed by atoms with Gasteiger partial charge >= 0.3 is 11.8 Å². The molecule has 410 valence electrons. The van der Waals surface area contributed by atoms with Crippen molar-refractivity contribution in [3.05, 3.63) is 82.5 Å². The number of nitrogens with one attached hydrogen (secondary N) is 1. The summed E-state index contributed by atoms with van der Waals surface area (Å²) in [6, 6.07) is 3.83. The van der Waals surface area contributed by atoms with Gasteiger partial charge < -0.3 is 59.4 Å². The van der Waals surface area contributed by atoms with E-state index in [1.54, 1.807) is 77.1 Å². The number of likely N-dealkylation sites (tertiary alicyclic amines) is 1. The van der Waals surface area contributed by atoms with Crippen LogP contribution in [0.3, 0.4) is 0 Å². The minimum absolute atomic E-state index is 0.00668. The normalized spacial score (nSPS) is 29.9. The van der Waals surface area contributed by atoms with E-state index in [2.05, 4.69) is 33.9 Å². The first-order valence-corrected chi connectivity index (χ1v) is 26.6. The van der Waals surface area contributed by atoms with Crippen LogP contribution in [0.15, 0.2) is 70.7 Å². The first kappa shape index (κ1) is 55.8. The van der Waals surface area contributed by atoms with Gasteiger partial charge in [-0.15, -0.1) is 0 Å². The molecular formula is C57H75N7O12. The van der Waals surface area contributed by atoms with Gasteiger partial charge in [0.15, 0.2) is 11.4 Å². The van der Waals surface area contributed by atoms with Gasteiger partial charge in [-0.3, -0.25) is 34.1 Å². The molecule has 7 heterocycles. The molecule has 9 atom stereocenters. The second kappa shape index (κ2) is 22.7. The van der Waals surface area contributed by atoms with E-state index in [-0.39, 0.29) is 49.6 Å². The number of benzene rings is 2. The molecule has 3 aromatic rings. The Kier molecular flexibility index (Phi) is 16.6. The van der Waals surface area contributed by atoms with E-state index in [0.29, 0.717) is 57.9 Å². The van der Waals surface area contributed by atoms with E-state index in [0.717, 1.165) is 18.8 Å². The maximum absolute atomic E-state index is 15.0. The van der Waals surface area contributed by atoms with Gasteiger partial charge in [-0.1, -0.05) is 59.8 Å². The Morgan fingerprint density at radius 2 is 1.58 bits per heavy atom. The summed E-state index contributed by atoms with van der Waals surface area (Å²) in [5.74, 6) is -7.81. The van der Waals surface area contributed by atoms with E-state index in [1.807, 2.05) is 12.1 Å². The van der Waals surface area contributed by atoms with Crippen molar-refractivity contribution in [3.8, 4) is 17.2 Å². The standard InChI is InChI=1S/C57H75N7O12/c1-31(2)30-62-24-18-57(19-25-62)60-45-42-43-50(69)37(8)53-44(42)54(71)56(9,76-53)74-28-17-39(73-10)34(5)52(75-41(66)29-40(65)64-23-12-22-63(26-27-64)38-15-20-58-21-16-38)36(7)49(68)35(6)48(67)32(3)13-11-14-33(4)55(72)59-47(51(43)70)46(45)61-57/h11,13-17,20-21,28,31-32,34-36,39,48-49,52,67-70H,12,18-19,22-27,29-30H2,1-10H3,(H,59,72)/b13-11+,28-17+,33-14-/t32-,34+,35+,36+,39-,48-,49+,52+,56-/m0/s1. The highest BCUT2D eigenvalue weighted by Gasteiger charge is 2.50. The third-order valence-corrected chi connectivity index (χ3v) is 16.0. The lowest BCUT2D eigenvalue weighted by Crippen LogP contribution is -2.47. The second-order valence-corrected chi connectivity index (χ2v) is 21.9. The fraction of sp³-hybridized carbons (Fsp3) is 0.561. The van der Waals surface area contributed by atoms with Gasteiger partial charge in [0.1, 0.15) is 35.1 Å². The van der Waals surface area contributed by atoms with Gasteiger partial charge in [0.25, 0.3) is 11.7 Å². The number of pyridine rings is 1. The minimum Gasteiger partial charge on any atom is -0.507 e. The fourth-order valence-electron chi connectivity index (χ4n) is 11.4. The second-order valence-electron chi connectivity index (χ2n) is 21.9. The van der Waals surface area contributed by atoms with Crippen LogP contribution in [0.4, 0.5) is 11.4 Å². The van der Waals surface area contributed by atoms with E-state index < -0.39 is 101 Å². The molecule has 6 aliphatic heterocycles. The molecular weight excluding hydrogens is 975 g/mol. The first-order chi connectivity index (χ1) is 36.1. The van der Waals surface area contributed by atoms with Gasteiger partial charge in [0, 0.05) is 131 Å². The van der Waals surface area contributed by atoms with Crippen LogP contribution in [-0.2, 0) is 28.6 Å². The number of aromatic nitrogens is 1. The number of nitrogens with zero attached hydrogens (tertiary/aromatic N) is 6. The van der Waals surface area contributed by atoms with Crippen molar-refractivity contribution in [2.45, 2.75) is 124 Å². The number of hydrogen-bond donors (Lipinski definition) is 5. The zero-order valence-corrected chi connectivity index (χ0v) is 45.4. The van der Waals surface area contributed by atoms with E-state index in [1.165, 1.54) is 26.4 Å². The van der Waals surface area contributed by atoms with Crippen molar-refractivity contribution in [1.82, 2.24) is 14.8 Å². The van der Waals surface area contributed by atoms with Crippen LogP contribution in [0.2, 0.25) is 0 Å². The summed E-state index contributed by atoms with van der Waals surface area (Å²) < 4.78 is 24.7. The van der Waals surface area contributed by atoms with E-state index in [9.17, 15) is 39.6 Å². The van der Waals surface area contributed by atoms with Crippen molar-refractivity contribution in [2.24, 2.45) is 39.6 Å². The number of ether oxygens (including phenoxy) is 4. The molecule has 2 aromatic carbocycles. The zero-order chi connectivity index (χ0) is 55.0. The number of carbonyl (C=O) groups excluding carboxylic acids is 4. The number of ketones is 1. The Hall–Kier alpha value is -6.41. The van der Waals surface area contributed by atoms with E-state index >= 15 is 0 Å². The molecule has 19 nitrogen and oxygen atoms in total. The number of esters is 1. The van der Waals surface area contributed by atoms with Crippen LogP contribution >= 0.6 is 0 Å². The molecule has 9 rings (SSSR count). The van der Waals surface area contributed by atoms with Crippen LogP contribution in [0.5, 0.6) is 17.2 Å². The Balaban J connectivity index is 1.15. The Labute approximate surface area is 444 Å². The molecule has 6 aliphatic rings. The summed E-state index contributed by atoms with van der Waals surface area (Å²) in [4.78, 5) is 77.4. The number of amides is 2. The number of phenolic OH excluding ortho intramolecular Hbond substituents is 2. The molecule has 2 saturated heterocycles. The first-order valence-electron chi connectivity index (χ1n) is 26.6. The number of phenols is 2. The summed E-state index contributed by atoms with van der Waals surface area (Å²) in [6.07, 6.45) is 7.92. The largest absolute Gasteiger partial charge is 0.507 e. The third-order valence-electron chi connectivity index (χ3n) is 16.0. The molecule has 19 heteroatoms. The topological polar surface area (TPSA) is 245 Å². The lowest BCUT2D eigenvalue weighted by atomic mass is 9.78. The SMILES string of the molecule is CO[C@H]1/C=C/O[C@@]2(C)Oc3c(C)c(O)c4c(O)c(c5c(c4c3C2=O)=NC2(CCN(CC(C)C)CC2)N=5)NC(=O)/C(C)=C\C=C\[C@H](C)[C@H](O)[C@@H](C)[C@@H](O)[C@@H](C)[C@H](OC(=O)CC(=O)N2CCCN(c3ccncc3)CC2)[C@@H]1C. The minimum atomic E-state index is -2.03. The van der Waals surface area contributed by atoms with Crippen molar-refractivity contribution >= 4 is 45.7 Å². The highest BCUT2D eigenvalue weighted by molar-refractivity contribution is 6.19. The van der Waals surface area contributed by atoms with Crippen molar-refractivity contribution in [2.75, 3.05) is 63.1 Å². The zero-order valence-electron chi connectivity index (χ0n) is 45.4. The summed E-state index contributed by atoms with van der Waals surface area (Å²) >= 11 is 0. The number of aliphatic hydroxyl groups is 2. The van der Waals surface area contributed by atoms with Crippen LogP contribution in [-0.4, -0.2) is 148 Å². The number of aromatic hydroxyl groups is 2. The highest BCUT2D eigenvalue weighted by Crippen LogP contribution is 2.50. The summed E-state index contributed by atoms with van der Waals surface area (Å²) in [5, 5.41) is 51.2. The summed E-state index contributed by atoms with van der Waals surface area (Å²) in [5.41, 5.74) is 0.287. The summed E-state index contributed by atoms with van der Waals surface area (Å²) in [7, 11) is 1.45. The molecule has 5 bridgehead atoms. The van der Waals surface area contributed by atoms with Crippen LogP contribution in [0.25, 0.3) is 10.8 Å². The molecule has 0 unspecified atom stereocenters. The molecule has 76 heavy (non-hydrogen) atoms. The molecule has 5 N–H and O–H groups in total. The van der Waals surface area contributed by atoms with Gasteiger partial charge in [-0.05, 0) is 44.4 Å². The number of anilines is 2. The number of rotatable bonds is 7. The van der Waals surface area contributed by atoms with Gasteiger partial charge in [0.05, 0.1) is 40.9 Å². The average Bonchev–Trinajstić information content (AvgIpc) is 3.88. The van der Waals surface area contributed by atoms with Crippen molar-refractivity contribution in [1.29, 1.82) is 0 Å². The van der Waals surface area contributed by atoms with Gasteiger partial charge in [-0.25, -0.2) is 0 Å². The molecule has 0 aliphatic carbocycles. The maximum atomic E-state index is 15.0. The number of Topliss-reactive ketones (excluding diaryl/α,β-unsaturated/α-hetero) is 1. The van der Waals surface area contributed by atoms with Crippen LogP contribution in [0.1, 0.15) is 97.0 Å². The number of methoxy groups -OCH3 is 1. The molecule has 1 spiro atoms.